The Kier molecular flexibility index (Phi) is 31.4. The van der Waals surface area contributed by atoms with Crippen molar-refractivity contribution in [1.29, 1.82) is 0 Å². The number of rotatable bonds is 8. The Morgan fingerprint density at radius 2 is 0.800 bits per heavy atom. The molecule has 20 heteroatoms. The van der Waals surface area contributed by atoms with Crippen LogP contribution in [-0.2, 0) is 9.59 Å². The molecule has 0 bridgehead atoms. The van der Waals surface area contributed by atoms with Crippen molar-refractivity contribution in [1.82, 2.24) is 0 Å². The summed E-state index contributed by atoms with van der Waals surface area (Å²) in [7, 11) is 0. The van der Waals surface area contributed by atoms with Gasteiger partial charge in [-0.05, 0) is 6.42 Å². The van der Waals surface area contributed by atoms with Gasteiger partial charge in [0, 0.05) is 12.8 Å². The number of carboxylic acids is 2. The molecule has 0 fully saturated rings. The van der Waals surface area contributed by atoms with Gasteiger partial charge in [-0.15, -0.1) is 30.3 Å². The predicted octanol–water partition coefficient (Wildman–Crippen LogP) is -2.78. The summed E-state index contributed by atoms with van der Waals surface area (Å²) in [5.74, 6) is -1.90. The highest BCUT2D eigenvalue weighted by Gasteiger charge is 2.26. The molecule has 0 radical (unpaired) electrons. The monoisotopic (exact) mass is 457 g/mol. The van der Waals surface area contributed by atoms with Crippen LogP contribution in [0.1, 0.15) is 19.3 Å². The van der Waals surface area contributed by atoms with Gasteiger partial charge in [-0.1, -0.05) is 0 Å². The van der Waals surface area contributed by atoms with E-state index in [1.54, 1.807) is 0 Å². The van der Waals surface area contributed by atoms with E-state index in [0.29, 0.717) is 0 Å². The summed E-state index contributed by atoms with van der Waals surface area (Å²) in [5.41, 5.74) is -1.11. The second-order valence-corrected chi connectivity index (χ2v) is 4.49. The molecule has 0 aromatic rings. The van der Waals surface area contributed by atoms with E-state index in [9.17, 15) is 9.59 Å². The van der Waals surface area contributed by atoms with Crippen LogP contribution in [0.3, 0.4) is 0 Å². The van der Waals surface area contributed by atoms with Crippen LogP contribution in [-0.4, -0.2) is 99.9 Å². The van der Waals surface area contributed by atoms with Crippen LogP contribution in [0.15, 0.2) is 0 Å². The van der Waals surface area contributed by atoms with Crippen molar-refractivity contribution >= 4 is 11.9 Å². The third-order valence-electron chi connectivity index (χ3n) is 2.12. The van der Waals surface area contributed by atoms with E-state index >= 15 is 0 Å². The van der Waals surface area contributed by atoms with E-state index in [1.807, 2.05) is 0 Å². The first-order chi connectivity index (χ1) is 13.6. The molecule has 0 aromatic carbocycles. The molecule has 0 unspecified atom stereocenters. The number of carbonyl (C=O) groups is 2. The zero-order valence-corrected chi connectivity index (χ0v) is 15.1. The second-order valence-electron chi connectivity index (χ2n) is 4.49. The lowest BCUT2D eigenvalue weighted by Crippen LogP contribution is -2.37. The normalized spacial score (nSPS) is 8.67. The molecule has 0 aliphatic rings. The number of aliphatic hydroxyl groups excluding tert-OH is 4. The van der Waals surface area contributed by atoms with Gasteiger partial charge in [0.05, 0.1) is 31.8 Å². The maximum absolute atomic E-state index is 9.79. The van der Waals surface area contributed by atoms with Crippen LogP contribution < -0.4 is 0 Å². The summed E-state index contributed by atoms with van der Waals surface area (Å²) in [6, 6.07) is 0. The van der Waals surface area contributed by atoms with Crippen LogP contribution in [0.5, 0.6) is 0 Å². The fraction of sp³-hybridized carbons (Fsp3) is 0.800. The van der Waals surface area contributed by atoms with Gasteiger partial charge in [0.15, 0.2) is 0 Å². The molecule has 0 amide bonds. The Balaban J connectivity index is -0.0000000923. The Bertz CT molecular complexity index is 408. The van der Waals surface area contributed by atoms with Crippen molar-refractivity contribution < 1.29 is 71.1 Å². The maximum atomic E-state index is 9.79. The highest BCUT2D eigenvalue weighted by atomic mass is 16.9. The Hall–Kier alpha value is -3.62. The first-order valence-electron chi connectivity index (χ1n) is 6.94. The number of nitrogens with zero attached hydrogens (tertiary/aromatic N) is 3. The molecule has 0 aliphatic heterocycles. The fourth-order valence-corrected chi connectivity index (χ4v) is 0.691. The van der Waals surface area contributed by atoms with Crippen molar-refractivity contribution in [3.63, 3.8) is 0 Å². The van der Waals surface area contributed by atoms with Crippen molar-refractivity contribution in [2.24, 2.45) is 5.41 Å². The maximum Gasteiger partial charge on any atom is 0.303 e. The van der Waals surface area contributed by atoms with Gasteiger partial charge in [-0.3, -0.25) is 9.59 Å². The van der Waals surface area contributed by atoms with Crippen LogP contribution in [0.25, 0.3) is 0 Å². The highest BCUT2D eigenvalue weighted by Crippen LogP contribution is 2.11. The van der Waals surface area contributed by atoms with E-state index in [2.05, 4.69) is 0 Å². The van der Waals surface area contributed by atoms with Gasteiger partial charge in [0.1, 0.15) is 0 Å². The molecule has 9 N–H and O–H groups in total. The molecule has 0 atom stereocenters. The molecular weight excluding hydrogens is 434 g/mol. The Labute approximate surface area is 165 Å². The minimum absolute atomic E-state index is 0.0632. The van der Waals surface area contributed by atoms with Gasteiger partial charge >= 0.3 is 11.9 Å². The number of hydrogen-bond acceptors (Lipinski definition) is 12. The first-order valence-corrected chi connectivity index (χ1v) is 6.94. The summed E-state index contributed by atoms with van der Waals surface area (Å²) in [6.45, 7) is -1.62. The lowest BCUT2D eigenvalue weighted by atomic mass is 9.93. The van der Waals surface area contributed by atoms with Crippen LogP contribution in [0.4, 0.5) is 0 Å². The Morgan fingerprint density at radius 1 is 0.633 bits per heavy atom. The average molecular weight is 457 g/mol. The minimum Gasteiger partial charge on any atom is -0.481 e. The average Bonchev–Trinajstić information content (AvgIpc) is 2.56. The van der Waals surface area contributed by atoms with Crippen molar-refractivity contribution in [2.45, 2.75) is 19.3 Å². The van der Waals surface area contributed by atoms with Crippen LogP contribution in [0, 0.1) is 35.8 Å². The molecule has 30 heavy (non-hydrogen) atoms. The van der Waals surface area contributed by atoms with Gasteiger partial charge in [-0.25, -0.2) is 0 Å². The predicted molar refractivity (Wildman–Crippen MR) is 86.2 cm³/mol. The van der Waals surface area contributed by atoms with Crippen molar-refractivity contribution in [3.8, 4) is 0 Å². The van der Waals surface area contributed by atoms with E-state index in [4.69, 9.17) is 76.6 Å². The topological polar surface area (TPSA) is 346 Å². The van der Waals surface area contributed by atoms with Gasteiger partial charge < -0.3 is 46.3 Å². The molecular formula is C10H23N3O17. The Morgan fingerprint density at radius 3 is 0.867 bits per heavy atom. The smallest absolute Gasteiger partial charge is 0.303 e. The van der Waals surface area contributed by atoms with E-state index < -0.39 is 59.0 Å². The lowest BCUT2D eigenvalue weighted by Gasteiger charge is -2.23. The third kappa shape index (κ3) is 64.4. The van der Waals surface area contributed by atoms with Gasteiger partial charge in [0.25, 0.3) is 15.3 Å². The number of aliphatic carboxylic acids is 2. The quantitative estimate of drug-likeness (QED) is 0.131. The largest absolute Gasteiger partial charge is 0.481 e. The van der Waals surface area contributed by atoms with E-state index in [-0.39, 0.29) is 19.3 Å². The molecule has 0 heterocycles. The first kappa shape index (κ1) is 37.2. The van der Waals surface area contributed by atoms with Crippen molar-refractivity contribution in [2.75, 3.05) is 26.4 Å². The minimum atomic E-state index is -1.50. The number of carboxylic acid groups (broad SMARTS) is 2. The standard InChI is InChI=1S/C5H12O4.C5H8O4.3HNO3/c6-1-5(2-7,3-8)4-9;6-4(7)2-1-3-5(8)9;3*2-1(3)4/h6-9H,1-4H2;1-3H2,(H,6,7)(H,8,9);3*(H,2,3,4). The molecule has 0 saturated heterocycles. The molecule has 0 saturated carbocycles. The highest BCUT2D eigenvalue weighted by molar-refractivity contribution is 5.69. The molecule has 0 spiro atoms. The summed E-state index contributed by atoms with van der Waals surface area (Å²) >= 11 is 0. The number of aliphatic hydroxyl groups is 4. The van der Waals surface area contributed by atoms with Crippen LogP contribution in [0.2, 0.25) is 0 Å². The van der Waals surface area contributed by atoms with Crippen LogP contribution >= 0.6 is 0 Å². The SMILES string of the molecule is O=C(O)CCCC(=O)O.O=[N+]([O-])O.O=[N+]([O-])O.O=[N+]([O-])O.OCC(CO)(CO)CO. The summed E-state index contributed by atoms with van der Waals surface area (Å²) in [4.78, 5) is 44.7. The molecule has 20 nitrogen and oxygen atoms in total. The summed E-state index contributed by atoms with van der Waals surface area (Å²) in [6.07, 6.45) is 0.0866. The van der Waals surface area contributed by atoms with Gasteiger partial charge in [-0.2, -0.15) is 0 Å². The third-order valence-corrected chi connectivity index (χ3v) is 2.12. The zero-order valence-electron chi connectivity index (χ0n) is 15.1. The molecule has 180 valence electrons. The fourth-order valence-electron chi connectivity index (χ4n) is 0.691. The molecule has 0 aliphatic carbocycles. The molecule has 0 aromatic heterocycles. The number of hydrogen-bond donors (Lipinski definition) is 9. The zero-order chi connectivity index (χ0) is 25.3. The van der Waals surface area contributed by atoms with E-state index in [0.717, 1.165) is 0 Å². The van der Waals surface area contributed by atoms with Gasteiger partial charge in [0.2, 0.25) is 0 Å². The summed E-state index contributed by atoms with van der Waals surface area (Å²) in [5, 5.41) is 91.0. The summed E-state index contributed by atoms with van der Waals surface area (Å²) < 4.78 is 0. The molecule has 0 rings (SSSR count). The lowest BCUT2D eigenvalue weighted by molar-refractivity contribution is -0.742. The van der Waals surface area contributed by atoms with Crippen molar-refractivity contribution in [3.05, 3.63) is 30.3 Å². The van der Waals surface area contributed by atoms with E-state index in [1.165, 1.54) is 0 Å². The second kappa shape index (κ2) is 25.4.